The second-order valence-corrected chi connectivity index (χ2v) is 0. The van der Waals surface area contributed by atoms with Crippen LogP contribution in [0.5, 0.6) is 0 Å². The average Bonchev–Trinajstić information content (AvgIpc) is 0. The summed E-state index contributed by atoms with van der Waals surface area (Å²) in [5.74, 6) is 0. The first-order chi connectivity index (χ1) is 0. The van der Waals surface area contributed by atoms with Crippen LogP contribution in [0.1, 0.15) is 0 Å². The van der Waals surface area contributed by atoms with E-state index in [0.717, 1.165) is 0 Å². The standard InChI is InChI=1S/3Ca.15H2O.6H/h;;;15*1H2;;;;;;. The van der Waals surface area contributed by atoms with E-state index in [1.54, 1.807) is 0 Å². The molecule has 0 bridgehead atoms. The monoisotopic (exact) mass is 396 g/mol. The molecule has 15 nitrogen and oxygen atoms in total. The van der Waals surface area contributed by atoms with Crippen molar-refractivity contribution in [2.75, 3.05) is 0 Å². The minimum atomic E-state index is 0. The Morgan fingerprint density at radius 2 is 0.111 bits per heavy atom. The molecule has 0 heterocycles. The predicted molar refractivity (Wildman–Crippen MR) is 79.8 cm³/mol. The molecule has 0 saturated heterocycles. The Labute approximate surface area is 192 Å². The van der Waals surface area contributed by atoms with Gasteiger partial charge in [-0.1, -0.05) is 0 Å². The van der Waals surface area contributed by atoms with Crippen LogP contribution in [0.15, 0.2) is 0 Å². The Morgan fingerprint density at radius 1 is 0.111 bits per heavy atom. The molecule has 0 amide bonds. The van der Waals surface area contributed by atoms with Crippen LogP contribution < -0.4 is 0 Å². The van der Waals surface area contributed by atoms with Gasteiger partial charge < -0.3 is 82.1 Å². The molecule has 0 aliphatic carbocycles. The van der Waals surface area contributed by atoms with Crippen molar-refractivity contribution in [1.29, 1.82) is 0 Å². The molecule has 0 unspecified atom stereocenters. The molecule has 18 heavy (non-hydrogen) atoms. The minimum absolute atomic E-state index is 0. The Bertz CT molecular complexity index is 11.7. The fourth-order valence-corrected chi connectivity index (χ4v) is 0. The fourth-order valence-electron chi connectivity index (χ4n) is 0. The SMILES string of the molecule is O.O.O.O.O.O.O.O.O.O.O.O.O.O.O.[CaH2].[CaH2].[CaH2]. The summed E-state index contributed by atoms with van der Waals surface area (Å²) >= 11 is 0. The van der Waals surface area contributed by atoms with Crippen molar-refractivity contribution in [2.24, 2.45) is 0 Å². The molecule has 0 atom stereocenters. The van der Waals surface area contributed by atoms with Crippen LogP contribution in [-0.4, -0.2) is 195 Å². The Balaban J connectivity index is 0. The van der Waals surface area contributed by atoms with Gasteiger partial charge in [-0.15, -0.1) is 0 Å². The van der Waals surface area contributed by atoms with Crippen molar-refractivity contribution in [2.45, 2.75) is 0 Å². The molecule has 0 aromatic rings. The molecule has 30 N–H and O–H groups in total. The summed E-state index contributed by atoms with van der Waals surface area (Å²) in [4.78, 5) is 0. The van der Waals surface area contributed by atoms with Gasteiger partial charge in [0, 0.05) is 0 Å². The molecule has 0 aliphatic rings. The zero-order chi connectivity index (χ0) is 0. The van der Waals surface area contributed by atoms with Gasteiger partial charge in [0.05, 0.1) is 0 Å². The van der Waals surface area contributed by atoms with E-state index in [9.17, 15) is 0 Å². The third kappa shape index (κ3) is 627. The van der Waals surface area contributed by atoms with Crippen LogP contribution in [-0.2, 0) is 0 Å². The molecule has 0 fully saturated rings. The maximum absolute atomic E-state index is 0. The molecule has 0 radical (unpaired) electrons. The summed E-state index contributed by atoms with van der Waals surface area (Å²) < 4.78 is 0. The third-order valence-electron chi connectivity index (χ3n) is 0. The molecule has 0 aromatic heterocycles. The van der Waals surface area contributed by atoms with Crippen LogP contribution in [0, 0.1) is 0 Å². The van der Waals surface area contributed by atoms with Gasteiger partial charge in [-0.3, -0.25) is 0 Å². The molecular formula is H36Ca3O15. The summed E-state index contributed by atoms with van der Waals surface area (Å²) in [5, 5.41) is 0. The summed E-state index contributed by atoms with van der Waals surface area (Å²) in [5.41, 5.74) is 0. The quantitative estimate of drug-likeness (QED) is 0.344. The predicted octanol–water partition coefficient (Wildman–Crippen LogP) is -15.1. The second kappa shape index (κ2) is 734. The summed E-state index contributed by atoms with van der Waals surface area (Å²) in [6.07, 6.45) is 0. The summed E-state index contributed by atoms with van der Waals surface area (Å²) in [7, 11) is 0. The Morgan fingerprint density at radius 3 is 0.111 bits per heavy atom. The van der Waals surface area contributed by atoms with E-state index >= 15 is 0 Å². The van der Waals surface area contributed by atoms with E-state index in [-0.39, 0.29) is 195 Å². The van der Waals surface area contributed by atoms with E-state index < -0.39 is 0 Å². The normalized spacial score (nSPS) is 0. The van der Waals surface area contributed by atoms with Crippen LogP contribution in [0.2, 0.25) is 0 Å². The average molecular weight is 397 g/mol. The van der Waals surface area contributed by atoms with Gasteiger partial charge in [0.1, 0.15) is 0 Å². The topological polar surface area (TPSA) is 472 Å². The van der Waals surface area contributed by atoms with Crippen molar-refractivity contribution in [3.63, 3.8) is 0 Å². The van der Waals surface area contributed by atoms with E-state index in [1.807, 2.05) is 0 Å². The summed E-state index contributed by atoms with van der Waals surface area (Å²) in [6, 6.07) is 0. The van der Waals surface area contributed by atoms with Gasteiger partial charge >= 0.3 is 113 Å². The van der Waals surface area contributed by atoms with Gasteiger partial charge in [0.25, 0.3) is 0 Å². The Kier molecular flexibility index (Phi) is 34800. The van der Waals surface area contributed by atoms with E-state index in [4.69, 9.17) is 0 Å². The van der Waals surface area contributed by atoms with E-state index in [0.29, 0.717) is 0 Å². The molecule has 0 rings (SSSR count). The van der Waals surface area contributed by atoms with Gasteiger partial charge in [-0.05, 0) is 0 Å². The van der Waals surface area contributed by atoms with Crippen molar-refractivity contribution in [3.05, 3.63) is 0 Å². The van der Waals surface area contributed by atoms with Crippen molar-refractivity contribution in [1.82, 2.24) is 0 Å². The van der Waals surface area contributed by atoms with Crippen LogP contribution >= 0.6 is 0 Å². The maximum atomic E-state index is 0. The molecule has 0 aromatic carbocycles. The van der Waals surface area contributed by atoms with E-state index in [2.05, 4.69) is 0 Å². The summed E-state index contributed by atoms with van der Waals surface area (Å²) in [6.45, 7) is 0. The first kappa shape index (κ1) is 853. The molecule has 0 spiro atoms. The Hall–Kier alpha value is 3.18. The second-order valence-electron chi connectivity index (χ2n) is 0. The fraction of sp³-hybridized carbons (Fsp3) is 0. The molecule has 0 saturated carbocycles. The number of hydrogen-bond donors (Lipinski definition) is 0. The first-order valence-electron chi connectivity index (χ1n) is 0. The number of rotatable bonds is 0. The van der Waals surface area contributed by atoms with E-state index in [1.165, 1.54) is 0 Å². The van der Waals surface area contributed by atoms with Gasteiger partial charge in [-0.25, -0.2) is 0 Å². The third-order valence-corrected chi connectivity index (χ3v) is 0. The molecule has 18 heteroatoms. The van der Waals surface area contributed by atoms with Gasteiger partial charge in [0.15, 0.2) is 0 Å². The molecular weight excluding hydrogens is 360 g/mol. The van der Waals surface area contributed by atoms with Crippen LogP contribution in [0.4, 0.5) is 0 Å². The van der Waals surface area contributed by atoms with Crippen molar-refractivity contribution < 1.29 is 82.1 Å². The van der Waals surface area contributed by atoms with Gasteiger partial charge in [0.2, 0.25) is 0 Å². The first-order valence-corrected chi connectivity index (χ1v) is 0. The molecule has 132 valence electrons. The van der Waals surface area contributed by atoms with Crippen molar-refractivity contribution in [3.8, 4) is 0 Å². The van der Waals surface area contributed by atoms with Crippen molar-refractivity contribution >= 4 is 113 Å². The van der Waals surface area contributed by atoms with Gasteiger partial charge in [-0.2, -0.15) is 0 Å². The molecule has 0 aliphatic heterocycles. The number of hydrogen-bond acceptors (Lipinski definition) is 0. The van der Waals surface area contributed by atoms with Crippen LogP contribution in [0.3, 0.4) is 0 Å². The zero-order valence-corrected chi connectivity index (χ0v) is 7.50. The van der Waals surface area contributed by atoms with Crippen LogP contribution in [0.25, 0.3) is 0 Å². The zero-order valence-electron chi connectivity index (χ0n) is 7.50.